The molecule has 0 heterocycles. The van der Waals surface area contributed by atoms with Crippen molar-refractivity contribution in [3.8, 4) is 0 Å². The summed E-state index contributed by atoms with van der Waals surface area (Å²) in [5.74, 6) is 0.506. The van der Waals surface area contributed by atoms with E-state index in [4.69, 9.17) is 0 Å². The average Bonchev–Trinajstić information content (AvgIpc) is 2.17. The van der Waals surface area contributed by atoms with Crippen molar-refractivity contribution in [3.63, 3.8) is 0 Å². The van der Waals surface area contributed by atoms with Crippen LogP contribution in [-0.2, 0) is 0 Å². The maximum absolute atomic E-state index is 4.11. The standard InChI is InChI=1S/C15H22/c1-7-15(6)9-8-13(11(2)3)10-14(15)12(4)5/h7-8,14H,1-2,4,9-10H2,3,5-6H3/t14-,15+/m0/s1. The van der Waals surface area contributed by atoms with Crippen molar-refractivity contribution < 1.29 is 0 Å². The topological polar surface area (TPSA) is 0 Å². The predicted octanol–water partition coefficient (Wildman–Crippen LogP) is 4.67. The Morgan fingerprint density at radius 3 is 2.47 bits per heavy atom. The second-order valence-corrected chi connectivity index (χ2v) is 5.03. The van der Waals surface area contributed by atoms with Crippen LogP contribution in [0.25, 0.3) is 0 Å². The SMILES string of the molecule is C=C[C@]1(C)CC=C(C(=C)C)C[C@H]1C(=C)C. The van der Waals surface area contributed by atoms with Gasteiger partial charge in [0, 0.05) is 0 Å². The van der Waals surface area contributed by atoms with Gasteiger partial charge in [0.15, 0.2) is 0 Å². The molecule has 0 N–H and O–H groups in total. The fourth-order valence-corrected chi connectivity index (χ4v) is 2.33. The minimum atomic E-state index is 0.171. The highest BCUT2D eigenvalue weighted by atomic mass is 14.4. The number of allylic oxidation sites excluding steroid dienone is 5. The van der Waals surface area contributed by atoms with E-state index in [-0.39, 0.29) is 5.41 Å². The van der Waals surface area contributed by atoms with Gasteiger partial charge in [-0.2, -0.15) is 0 Å². The van der Waals surface area contributed by atoms with Gasteiger partial charge in [-0.05, 0) is 43.6 Å². The summed E-state index contributed by atoms with van der Waals surface area (Å²) in [7, 11) is 0. The molecule has 0 fully saturated rings. The maximum atomic E-state index is 4.11. The minimum absolute atomic E-state index is 0.171. The smallest absolute Gasteiger partial charge is 0.00462 e. The van der Waals surface area contributed by atoms with Crippen LogP contribution in [0.4, 0.5) is 0 Å². The molecule has 0 saturated carbocycles. The van der Waals surface area contributed by atoms with E-state index >= 15 is 0 Å². The molecule has 0 nitrogen and oxygen atoms in total. The summed E-state index contributed by atoms with van der Waals surface area (Å²) < 4.78 is 0. The van der Waals surface area contributed by atoms with Crippen LogP contribution in [0, 0.1) is 11.3 Å². The molecule has 0 heteroatoms. The molecular weight excluding hydrogens is 180 g/mol. The highest BCUT2D eigenvalue weighted by Gasteiger charge is 2.34. The van der Waals surface area contributed by atoms with Gasteiger partial charge in [-0.1, -0.05) is 43.4 Å². The first-order chi connectivity index (χ1) is 6.90. The summed E-state index contributed by atoms with van der Waals surface area (Å²) in [5, 5.41) is 0. The van der Waals surface area contributed by atoms with Crippen LogP contribution >= 0.6 is 0 Å². The molecule has 0 unspecified atom stereocenters. The van der Waals surface area contributed by atoms with Gasteiger partial charge < -0.3 is 0 Å². The van der Waals surface area contributed by atoms with Crippen molar-refractivity contribution in [1.82, 2.24) is 0 Å². The Morgan fingerprint density at radius 2 is 2.07 bits per heavy atom. The molecule has 0 saturated heterocycles. The van der Waals surface area contributed by atoms with Gasteiger partial charge in [-0.3, -0.25) is 0 Å². The predicted molar refractivity (Wildman–Crippen MR) is 68.7 cm³/mol. The van der Waals surface area contributed by atoms with Crippen LogP contribution in [0.15, 0.2) is 48.6 Å². The Bertz CT molecular complexity index is 330. The average molecular weight is 202 g/mol. The Morgan fingerprint density at radius 1 is 1.47 bits per heavy atom. The lowest BCUT2D eigenvalue weighted by Gasteiger charge is -2.39. The highest BCUT2D eigenvalue weighted by Crippen LogP contribution is 2.45. The van der Waals surface area contributed by atoms with Gasteiger partial charge >= 0.3 is 0 Å². The number of hydrogen-bond acceptors (Lipinski definition) is 0. The molecular formula is C15H22. The Hall–Kier alpha value is -1.04. The minimum Gasteiger partial charge on any atom is -0.102 e. The zero-order valence-electron chi connectivity index (χ0n) is 10.3. The lowest BCUT2D eigenvalue weighted by molar-refractivity contribution is 0.281. The van der Waals surface area contributed by atoms with E-state index in [9.17, 15) is 0 Å². The maximum Gasteiger partial charge on any atom is -0.00462 e. The molecule has 0 aromatic rings. The third-order valence-electron chi connectivity index (χ3n) is 3.62. The fourth-order valence-electron chi connectivity index (χ4n) is 2.33. The van der Waals surface area contributed by atoms with Crippen LogP contribution in [0.2, 0.25) is 0 Å². The number of hydrogen-bond donors (Lipinski definition) is 0. The quantitative estimate of drug-likeness (QED) is 0.583. The van der Waals surface area contributed by atoms with Crippen LogP contribution in [0.5, 0.6) is 0 Å². The molecule has 2 atom stereocenters. The third-order valence-corrected chi connectivity index (χ3v) is 3.62. The largest absolute Gasteiger partial charge is 0.102 e. The van der Waals surface area contributed by atoms with Crippen molar-refractivity contribution in [1.29, 1.82) is 0 Å². The molecule has 1 rings (SSSR count). The first-order valence-corrected chi connectivity index (χ1v) is 5.54. The second-order valence-electron chi connectivity index (χ2n) is 5.03. The molecule has 0 aromatic heterocycles. The van der Waals surface area contributed by atoms with Gasteiger partial charge in [0.1, 0.15) is 0 Å². The van der Waals surface area contributed by atoms with Crippen molar-refractivity contribution in [2.24, 2.45) is 11.3 Å². The molecule has 1 aliphatic rings. The normalized spacial score (nSPS) is 30.6. The van der Waals surface area contributed by atoms with Crippen LogP contribution < -0.4 is 0 Å². The van der Waals surface area contributed by atoms with Gasteiger partial charge in [0.05, 0.1) is 0 Å². The molecule has 0 aliphatic heterocycles. The van der Waals surface area contributed by atoms with Crippen LogP contribution in [-0.4, -0.2) is 0 Å². The van der Waals surface area contributed by atoms with E-state index in [1.807, 2.05) is 0 Å². The van der Waals surface area contributed by atoms with Gasteiger partial charge in [0.25, 0.3) is 0 Å². The first kappa shape index (κ1) is 12.0. The van der Waals surface area contributed by atoms with Crippen molar-refractivity contribution in [2.75, 3.05) is 0 Å². The van der Waals surface area contributed by atoms with Crippen molar-refractivity contribution in [2.45, 2.75) is 33.6 Å². The molecule has 1 aliphatic carbocycles. The zero-order chi connectivity index (χ0) is 11.6. The molecule has 0 bridgehead atoms. The Kier molecular flexibility index (Phi) is 3.38. The van der Waals surface area contributed by atoms with Gasteiger partial charge in [0.2, 0.25) is 0 Å². The second kappa shape index (κ2) is 4.22. The molecule has 0 amide bonds. The first-order valence-electron chi connectivity index (χ1n) is 5.54. The molecule has 0 radical (unpaired) electrons. The molecule has 0 spiro atoms. The summed E-state index contributed by atoms with van der Waals surface area (Å²) in [5.41, 5.74) is 4.00. The summed E-state index contributed by atoms with van der Waals surface area (Å²) in [6.45, 7) is 18.6. The monoisotopic (exact) mass is 202 g/mol. The summed E-state index contributed by atoms with van der Waals surface area (Å²) in [4.78, 5) is 0. The molecule has 15 heavy (non-hydrogen) atoms. The highest BCUT2D eigenvalue weighted by molar-refractivity contribution is 5.33. The lowest BCUT2D eigenvalue weighted by Crippen LogP contribution is -2.29. The van der Waals surface area contributed by atoms with Crippen LogP contribution in [0.1, 0.15) is 33.6 Å². The fraction of sp³-hybridized carbons (Fsp3) is 0.467. The number of rotatable bonds is 3. The summed E-state index contributed by atoms with van der Waals surface area (Å²) in [6, 6.07) is 0. The third kappa shape index (κ3) is 2.31. The Balaban J connectivity index is 3.03. The van der Waals surface area contributed by atoms with E-state index in [0.717, 1.165) is 12.8 Å². The summed E-state index contributed by atoms with van der Waals surface area (Å²) in [6.07, 6.45) is 6.50. The van der Waals surface area contributed by atoms with E-state index < -0.39 is 0 Å². The van der Waals surface area contributed by atoms with Gasteiger partial charge in [-0.15, -0.1) is 6.58 Å². The van der Waals surface area contributed by atoms with Gasteiger partial charge in [-0.25, -0.2) is 0 Å². The van der Waals surface area contributed by atoms with Crippen molar-refractivity contribution >= 4 is 0 Å². The van der Waals surface area contributed by atoms with Crippen molar-refractivity contribution in [3.05, 3.63) is 48.6 Å². The molecule has 0 aromatic carbocycles. The molecule has 82 valence electrons. The van der Waals surface area contributed by atoms with Crippen LogP contribution in [0.3, 0.4) is 0 Å². The summed E-state index contributed by atoms with van der Waals surface area (Å²) >= 11 is 0. The van der Waals surface area contributed by atoms with E-state index in [1.165, 1.54) is 16.7 Å². The lowest BCUT2D eigenvalue weighted by atomic mass is 9.65. The van der Waals surface area contributed by atoms with E-state index in [1.54, 1.807) is 0 Å². The Labute approximate surface area is 94.1 Å². The van der Waals surface area contributed by atoms with E-state index in [2.05, 4.69) is 52.7 Å². The van der Waals surface area contributed by atoms with E-state index in [0.29, 0.717) is 5.92 Å². The zero-order valence-corrected chi connectivity index (χ0v) is 10.3.